The lowest BCUT2D eigenvalue weighted by molar-refractivity contribution is 0.354. The molecule has 2 N–H and O–H groups in total. The predicted molar refractivity (Wildman–Crippen MR) is 124 cm³/mol. The van der Waals surface area contributed by atoms with E-state index in [1.165, 1.54) is 11.1 Å². The molecule has 0 atom stereocenters. The third-order valence-corrected chi connectivity index (χ3v) is 5.02. The van der Waals surface area contributed by atoms with Gasteiger partial charge >= 0.3 is 0 Å². The maximum absolute atomic E-state index is 5.37. The fourth-order valence-electron chi connectivity index (χ4n) is 3.37. The minimum atomic E-state index is 0.738. The summed E-state index contributed by atoms with van der Waals surface area (Å²) in [5.74, 6) is 3.31. The molecule has 164 valence electrons. The summed E-state index contributed by atoms with van der Waals surface area (Å²) in [6, 6.07) is 16.4. The molecule has 3 aromatic rings. The number of imidazole rings is 1. The second-order valence-corrected chi connectivity index (χ2v) is 7.07. The molecule has 1 aromatic heterocycles. The van der Waals surface area contributed by atoms with Crippen molar-refractivity contribution in [3.63, 3.8) is 0 Å². The SMILES string of the molecule is CN=C(NCCc1ccc(OC)c(OC)c1)NCCc1nccn1Cc1ccccc1. The maximum atomic E-state index is 5.37. The Balaban J connectivity index is 1.44. The summed E-state index contributed by atoms with van der Waals surface area (Å²) in [6.45, 7) is 2.34. The zero-order valence-corrected chi connectivity index (χ0v) is 18.5. The Hall–Kier alpha value is -3.48. The Morgan fingerprint density at radius 3 is 2.39 bits per heavy atom. The molecule has 0 fully saturated rings. The Labute approximate surface area is 184 Å². The molecule has 0 saturated heterocycles. The van der Waals surface area contributed by atoms with Crippen molar-refractivity contribution in [1.82, 2.24) is 20.2 Å². The molecule has 7 nitrogen and oxygen atoms in total. The molecule has 0 spiro atoms. The lowest BCUT2D eigenvalue weighted by atomic mass is 10.1. The quantitative estimate of drug-likeness (QED) is 0.389. The third kappa shape index (κ3) is 6.50. The van der Waals surface area contributed by atoms with Gasteiger partial charge in [0.15, 0.2) is 17.5 Å². The number of methoxy groups -OCH3 is 2. The Morgan fingerprint density at radius 2 is 1.68 bits per heavy atom. The van der Waals surface area contributed by atoms with E-state index < -0.39 is 0 Å². The number of hydrogen-bond donors (Lipinski definition) is 2. The van der Waals surface area contributed by atoms with E-state index in [0.717, 1.165) is 55.8 Å². The van der Waals surface area contributed by atoms with E-state index in [1.807, 2.05) is 36.7 Å². The molecule has 0 bridgehead atoms. The van der Waals surface area contributed by atoms with Gasteiger partial charge in [0, 0.05) is 45.5 Å². The lowest BCUT2D eigenvalue weighted by Gasteiger charge is -2.13. The molecule has 31 heavy (non-hydrogen) atoms. The summed E-state index contributed by atoms with van der Waals surface area (Å²) >= 11 is 0. The number of ether oxygens (including phenoxy) is 2. The predicted octanol–water partition coefficient (Wildman–Crippen LogP) is 2.90. The number of aromatic nitrogens is 2. The van der Waals surface area contributed by atoms with E-state index >= 15 is 0 Å². The average molecular weight is 422 g/mol. The molecule has 0 aliphatic heterocycles. The highest BCUT2D eigenvalue weighted by atomic mass is 16.5. The van der Waals surface area contributed by atoms with Crippen LogP contribution in [0, 0.1) is 0 Å². The number of aliphatic imine (C=N–C) groups is 1. The first-order valence-corrected chi connectivity index (χ1v) is 10.4. The van der Waals surface area contributed by atoms with Gasteiger partial charge in [-0.15, -0.1) is 0 Å². The largest absolute Gasteiger partial charge is 0.493 e. The minimum Gasteiger partial charge on any atom is -0.493 e. The van der Waals surface area contributed by atoms with Crippen molar-refractivity contribution in [1.29, 1.82) is 0 Å². The standard InChI is InChI=1S/C24H31N5O2/c1-25-24(27-13-11-19-9-10-21(30-2)22(17-19)31-3)28-14-12-23-26-15-16-29(23)18-20-7-5-4-6-8-20/h4-10,15-17H,11-14,18H2,1-3H3,(H2,25,27,28). The van der Waals surface area contributed by atoms with Crippen LogP contribution >= 0.6 is 0 Å². The van der Waals surface area contributed by atoms with Crippen molar-refractivity contribution in [3.8, 4) is 11.5 Å². The van der Waals surface area contributed by atoms with Crippen LogP contribution in [0.15, 0.2) is 65.9 Å². The molecular formula is C24H31N5O2. The van der Waals surface area contributed by atoms with E-state index in [9.17, 15) is 0 Å². The smallest absolute Gasteiger partial charge is 0.191 e. The summed E-state index contributed by atoms with van der Waals surface area (Å²) in [4.78, 5) is 8.82. The molecule has 3 rings (SSSR count). The topological polar surface area (TPSA) is 72.7 Å². The molecule has 0 saturated carbocycles. The Bertz CT molecular complexity index is 969. The van der Waals surface area contributed by atoms with E-state index in [2.05, 4.69) is 49.4 Å². The van der Waals surface area contributed by atoms with Crippen molar-refractivity contribution >= 4 is 5.96 Å². The van der Waals surface area contributed by atoms with Gasteiger partial charge in [-0.25, -0.2) is 4.98 Å². The van der Waals surface area contributed by atoms with Gasteiger partial charge in [-0.2, -0.15) is 0 Å². The first kappa shape index (κ1) is 22.2. The number of rotatable bonds is 10. The van der Waals surface area contributed by atoms with Crippen LogP contribution in [0.4, 0.5) is 0 Å². The van der Waals surface area contributed by atoms with E-state index in [-0.39, 0.29) is 0 Å². The van der Waals surface area contributed by atoms with Gasteiger partial charge in [0.1, 0.15) is 5.82 Å². The highest BCUT2D eigenvalue weighted by molar-refractivity contribution is 5.79. The molecule has 0 aliphatic carbocycles. The van der Waals surface area contributed by atoms with Crippen LogP contribution in [0.1, 0.15) is 17.0 Å². The number of nitrogens with one attached hydrogen (secondary N) is 2. The van der Waals surface area contributed by atoms with E-state index in [4.69, 9.17) is 9.47 Å². The van der Waals surface area contributed by atoms with Crippen molar-refractivity contribution in [2.45, 2.75) is 19.4 Å². The molecule has 0 aliphatic rings. The van der Waals surface area contributed by atoms with Crippen LogP contribution in [0.25, 0.3) is 0 Å². The molecule has 1 heterocycles. The zero-order valence-electron chi connectivity index (χ0n) is 18.5. The summed E-state index contributed by atoms with van der Waals surface area (Å²) in [7, 11) is 5.07. The monoisotopic (exact) mass is 421 g/mol. The second kappa shape index (κ2) is 11.6. The maximum Gasteiger partial charge on any atom is 0.191 e. The summed E-state index contributed by atoms with van der Waals surface area (Å²) < 4.78 is 12.8. The Kier molecular flexibility index (Phi) is 8.34. The van der Waals surface area contributed by atoms with Gasteiger partial charge < -0.3 is 24.7 Å². The molecule has 0 unspecified atom stereocenters. The second-order valence-electron chi connectivity index (χ2n) is 7.07. The van der Waals surface area contributed by atoms with Crippen molar-refractivity contribution in [3.05, 3.63) is 77.9 Å². The number of hydrogen-bond acceptors (Lipinski definition) is 4. The van der Waals surface area contributed by atoms with Crippen LogP contribution in [-0.2, 0) is 19.4 Å². The molecule has 7 heteroatoms. The van der Waals surface area contributed by atoms with Gasteiger partial charge in [-0.3, -0.25) is 4.99 Å². The van der Waals surface area contributed by atoms with E-state index in [0.29, 0.717) is 0 Å². The molecule has 2 aromatic carbocycles. The molecule has 0 radical (unpaired) electrons. The highest BCUT2D eigenvalue weighted by Gasteiger charge is 2.06. The zero-order chi connectivity index (χ0) is 21.9. The van der Waals surface area contributed by atoms with Crippen LogP contribution in [0.5, 0.6) is 11.5 Å². The van der Waals surface area contributed by atoms with Crippen LogP contribution in [0.3, 0.4) is 0 Å². The normalized spacial score (nSPS) is 11.3. The summed E-state index contributed by atoms with van der Waals surface area (Å²) in [5, 5.41) is 6.72. The minimum absolute atomic E-state index is 0.738. The Morgan fingerprint density at radius 1 is 0.935 bits per heavy atom. The lowest BCUT2D eigenvalue weighted by Crippen LogP contribution is -2.39. The highest BCUT2D eigenvalue weighted by Crippen LogP contribution is 2.27. The van der Waals surface area contributed by atoms with Gasteiger partial charge in [0.25, 0.3) is 0 Å². The van der Waals surface area contributed by atoms with Crippen LogP contribution < -0.4 is 20.1 Å². The number of nitrogens with zero attached hydrogens (tertiary/aromatic N) is 3. The van der Waals surface area contributed by atoms with Crippen molar-refractivity contribution in [2.75, 3.05) is 34.4 Å². The van der Waals surface area contributed by atoms with Gasteiger partial charge in [0.05, 0.1) is 14.2 Å². The fraction of sp³-hybridized carbons (Fsp3) is 0.333. The summed E-state index contributed by atoms with van der Waals surface area (Å²) in [5.41, 5.74) is 2.44. The van der Waals surface area contributed by atoms with Gasteiger partial charge in [-0.05, 0) is 29.7 Å². The fourth-order valence-corrected chi connectivity index (χ4v) is 3.37. The van der Waals surface area contributed by atoms with Crippen molar-refractivity contribution < 1.29 is 9.47 Å². The van der Waals surface area contributed by atoms with Gasteiger partial charge in [-0.1, -0.05) is 36.4 Å². The number of guanidine groups is 1. The third-order valence-electron chi connectivity index (χ3n) is 5.02. The van der Waals surface area contributed by atoms with Crippen LogP contribution in [-0.4, -0.2) is 49.9 Å². The first-order chi connectivity index (χ1) is 15.2. The van der Waals surface area contributed by atoms with Gasteiger partial charge in [0.2, 0.25) is 0 Å². The average Bonchev–Trinajstić information content (AvgIpc) is 3.25. The number of benzene rings is 2. The van der Waals surface area contributed by atoms with Crippen LogP contribution in [0.2, 0.25) is 0 Å². The first-order valence-electron chi connectivity index (χ1n) is 10.4. The summed E-state index contributed by atoms with van der Waals surface area (Å²) in [6.07, 6.45) is 5.55. The van der Waals surface area contributed by atoms with Crippen molar-refractivity contribution in [2.24, 2.45) is 4.99 Å². The molecular weight excluding hydrogens is 390 g/mol. The van der Waals surface area contributed by atoms with E-state index in [1.54, 1.807) is 21.3 Å². The molecule has 0 amide bonds.